The molecule has 1 aromatic carbocycles. The fourth-order valence-corrected chi connectivity index (χ4v) is 4.33. The molecule has 4 aromatic heterocycles. The monoisotopic (exact) mass is 349 g/mol. The number of hydrogen-bond donors (Lipinski definition) is 1. The summed E-state index contributed by atoms with van der Waals surface area (Å²) < 4.78 is 4.42. The lowest BCUT2D eigenvalue weighted by Gasteiger charge is -2.06. The molecule has 5 aromatic rings. The lowest BCUT2D eigenvalue weighted by atomic mass is 10.1. The average molecular weight is 349 g/mol. The summed E-state index contributed by atoms with van der Waals surface area (Å²) in [4.78, 5) is 20.7. The van der Waals surface area contributed by atoms with Crippen LogP contribution in [-0.2, 0) is 13.6 Å². The number of nitrogens with one attached hydrogen (secondary N) is 1. The first-order chi connectivity index (χ1) is 12.1. The van der Waals surface area contributed by atoms with E-state index < -0.39 is 0 Å². The number of rotatable bonds is 2. The summed E-state index contributed by atoms with van der Waals surface area (Å²) in [6, 6.07) is 8.17. The van der Waals surface area contributed by atoms with Crippen LogP contribution >= 0.6 is 11.3 Å². The number of aryl methyl sites for hydroxylation is 2. The second-order valence-corrected chi connectivity index (χ2v) is 7.42. The largest absolute Gasteiger partial charge is 0.361 e. The van der Waals surface area contributed by atoms with Crippen molar-refractivity contribution in [1.82, 2.24) is 24.3 Å². The Kier molecular flexibility index (Phi) is 2.90. The van der Waals surface area contributed by atoms with E-state index in [1.165, 1.54) is 4.68 Å². The number of nitrogens with zero attached hydrogens (tertiary/aromatic N) is 4. The minimum Gasteiger partial charge on any atom is -0.361 e. The van der Waals surface area contributed by atoms with Crippen molar-refractivity contribution < 1.29 is 0 Å². The summed E-state index contributed by atoms with van der Waals surface area (Å²) in [5.74, 6) is 0. The third-order valence-corrected chi connectivity index (χ3v) is 5.58. The zero-order valence-corrected chi connectivity index (χ0v) is 14.6. The Morgan fingerprint density at radius 2 is 2.16 bits per heavy atom. The molecule has 25 heavy (non-hydrogen) atoms. The molecule has 0 aliphatic heterocycles. The van der Waals surface area contributed by atoms with Crippen LogP contribution in [0.2, 0.25) is 0 Å². The van der Waals surface area contributed by atoms with Crippen LogP contribution in [0.4, 0.5) is 0 Å². The van der Waals surface area contributed by atoms with Crippen LogP contribution < -0.4 is 5.56 Å². The van der Waals surface area contributed by atoms with E-state index in [4.69, 9.17) is 0 Å². The third-order valence-electron chi connectivity index (χ3n) is 4.58. The van der Waals surface area contributed by atoms with Gasteiger partial charge in [-0.05, 0) is 30.0 Å². The minimum absolute atomic E-state index is 0.0885. The predicted octanol–water partition coefficient (Wildman–Crippen LogP) is 3.18. The highest BCUT2D eigenvalue weighted by molar-refractivity contribution is 7.19. The first kappa shape index (κ1) is 14.4. The van der Waals surface area contributed by atoms with E-state index in [2.05, 4.69) is 27.2 Å². The molecular formula is C18H15N5OS. The maximum Gasteiger partial charge on any atom is 0.291 e. The van der Waals surface area contributed by atoms with Gasteiger partial charge in [-0.15, -0.1) is 11.3 Å². The summed E-state index contributed by atoms with van der Waals surface area (Å²) in [6.07, 6.45) is 3.69. The van der Waals surface area contributed by atoms with E-state index >= 15 is 0 Å². The SMILES string of the molecule is Cc1nc2c(s1)c1cnn(Cc3ccc4cc[nH]c4c3)c(=O)c1n2C. The summed E-state index contributed by atoms with van der Waals surface area (Å²) in [5, 5.41) is 7.43. The van der Waals surface area contributed by atoms with E-state index in [0.29, 0.717) is 12.1 Å². The first-order valence-electron chi connectivity index (χ1n) is 7.99. The Morgan fingerprint density at radius 3 is 3.04 bits per heavy atom. The Bertz CT molecular complexity index is 1320. The van der Waals surface area contributed by atoms with Gasteiger partial charge in [-0.2, -0.15) is 5.10 Å². The van der Waals surface area contributed by atoms with Crippen molar-refractivity contribution in [3.63, 3.8) is 0 Å². The lowest BCUT2D eigenvalue weighted by molar-refractivity contribution is 0.644. The Balaban J connectivity index is 1.67. The molecular weight excluding hydrogens is 334 g/mol. The molecule has 0 fully saturated rings. The fraction of sp³-hybridized carbons (Fsp3) is 0.167. The number of aromatic nitrogens is 5. The first-order valence-corrected chi connectivity index (χ1v) is 8.81. The highest BCUT2D eigenvalue weighted by Crippen LogP contribution is 2.30. The highest BCUT2D eigenvalue weighted by Gasteiger charge is 2.17. The zero-order chi connectivity index (χ0) is 17.1. The van der Waals surface area contributed by atoms with E-state index in [1.54, 1.807) is 17.5 Å². The van der Waals surface area contributed by atoms with Gasteiger partial charge in [-0.25, -0.2) is 9.67 Å². The van der Waals surface area contributed by atoms with Crippen molar-refractivity contribution in [3.05, 3.63) is 57.6 Å². The normalized spacial score (nSPS) is 11.9. The maximum atomic E-state index is 13.0. The molecule has 0 saturated heterocycles. The third kappa shape index (κ3) is 2.05. The van der Waals surface area contributed by atoms with Crippen molar-refractivity contribution in [3.8, 4) is 0 Å². The summed E-state index contributed by atoms with van der Waals surface area (Å²) in [6.45, 7) is 2.41. The molecule has 124 valence electrons. The molecule has 0 aliphatic carbocycles. The molecule has 0 saturated carbocycles. The van der Waals surface area contributed by atoms with Crippen molar-refractivity contribution in [2.75, 3.05) is 0 Å². The second-order valence-electron chi connectivity index (χ2n) is 6.21. The molecule has 0 bridgehead atoms. The number of hydrogen-bond acceptors (Lipinski definition) is 4. The quantitative estimate of drug-likeness (QED) is 0.532. The Morgan fingerprint density at radius 1 is 1.28 bits per heavy atom. The van der Waals surface area contributed by atoms with Gasteiger partial charge in [0.1, 0.15) is 5.52 Å². The number of fused-ring (bicyclic) bond motifs is 4. The Hall–Kier alpha value is -2.93. The van der Waals surface area contributed by atoms with Gasteiger partial charge in [0.2, 0.25) is 0 Å². The maximum absolute atomic E-state index is 13.0. The van der Waals surface area contributed by atoms with Crippen LogP contribution in [0.25, 0.3) is 32.2 Å². The molecule has 0 amide bonds. The zero-order valence-electron chi connectivity index (χ0n) is 13.8. The molecule has 0 aliphatic rings. The van der Waals surface area contributed by atoms with Gasteiger partial charge in [-0.1, -0.05) is 12.1 Å². The van der Waals surface area contributed by atoms with Gasteiger partial charge in [0, 0.05) is 24.1 Å². The standard InChI is InChI=1S/C18H15N5OS/c1-10-21-17-16(25-10)13-8-20-23(18(24)15(13)22(17)2)9-11-3-4-12-5-6-19-14(12)7-11/h3-8,19H,9H2,1-2H3. The number of H-pyrrole nitrogens is 1. The van der Waals surface area contributed by atoms with Crippen molar-refractivity contribution in [1.29, 1.82) is 0 Å². The van der Waals surface area contributed by atoms with E-state index in [-0.39, 0.29) is 5.56 Å². The molecule has 4 heterocycles. The van der Waals surface area contributed by atoms with Crippen LogP contribution in [0.1, 0.15) is 10.6 Å². The predicted molar refractivity (Wildman–Crippen MR) is 100 cm³/mol. The molecule has 0 unspecified atom stereocenters. The smallest absolute Gasteiger partial charge is 0.291 e. The molecule has 0 radical (unpaired) electrons. The van der Waals surface area contributed by atoms with Crippen molar-refractivity contribution >= 4 is 43.5 Å². The average Bonchev–Trinajstić information content (AvgIpc) is 3.26. The topological polar surface area (TPSA) is 68.5 Å². The van der Waals surface area contributed by atoms with Gasteiger partial charge in [-0.3, -0.25) is 4.79 Å². The summed E-state index contributed by atoms with van der Waals surface area (Å²) >= 11 is 1.60. The highest BCUT2D eigenvalue weighted by atomic mass is 32.1. The molecule has 6 nitrogen and oxygen atoms in total. The van der Waals surface area contributed by atoms with E-state index in [1.807, 2.05) is 36.9 Å². The van der Waals surface area contributed by atoms with Crippen LogP contribution in [0.3, 0.4) is 0 Å². The molecule has 7 heteroatoms. The lowest BCUT2D eigenvalue weighted by Crippen LogP contribution is -2.24. The number of benzene rings is 1. The van der Waals surface area contributed by atoms with E-state index in [9.17, 15) is 4.79 Å². The molecule has 0 spiro atoms. The van der Waals surface area contributed by atoms with Gasteiger partial charge >= 0.3 is 0 Å². The van der Waals surface area contributed by atoms with Crippen LogP contribution in [-0.4, -0.2) is 24.3 Å². The van der Waals surface area contributed by atoms with E-state index in [0.717, 1.165) is 37.2 Å². The van der Waals surface area contributed by atoms with Crippen LogP contribution in [0.15, 0.2) is 41.5 Å². The Labute approximate surface area is 146 Å². The number of aromatic amines is 1. The molecule has 0 atom stereocenters. The molecule has 1 N–H and O–H groups in total. The van der Waals surface area contributed by atoms with Gasteiger partial charge in [0.05, 0.1) is 22.4 Å². The van der Waals surface area contributed by atoms with Crippen LogP contribution in [0, 0.1) is 6.92 Å². The molecule has 5 rings (SSSR count). The van der Waals surface area contributed by atoms with Gasteiger partial charge in [0.15, 0.2) is 5.65 Å². The number of thiazole rings is 1. The van der Waals surface area contributed by atoms with Gasteiger partial charge < -0.3 is 9.55 Å². The van der Waals surface area contributed by atoms with Gasteiger partial charge in [0.25, 0.3) is 5.56 Å². The van der Waals surface area contributed by atoms with Crippen LogP contribution in [0.5, 0.6) is 0 Å². The second kappa shape index (κ2) is 5.03. The summed E-state index contributed by atoms with van der Waals surface area (Å²) in [5.41, 5.74) is 3.51. The van der Waals surface area contributed by atoms with Crippen molar-refractivity contribution in [2.45, 2.75) is 13.5 Å². The van der Waals surface area contributed by atoms with Crippen molar-refractivity contribution in [2.24, 2.45) is 7.05 Å². The summed E-state index contributed by atoms with van der Waals surface area (Å²) in [7, 11) is 1.89. The minimum atomic E-state index is -0.0885. The fourth-order valence-electron chi connectivity index (χ4n) is 3.37.